The Kier molecular flexibility index (Phi) is 3.25. The maximum absolute atomic E-state index is 5.85. The van der Waals surface area contributed by atoms with Crippen LogP contribution in [0.5, 0.6) is 5.88 Å². The molecule has 7 heteroatoms. The summed E-state index contributed by atoms with van der Waals surface area (Å²) in [6, 6.07) is 0. The molecule has 16 heavy (non-hydrogen) atoms. The van der Waals surface area contributed by atoms with Crippen molar-refractivity contribution < 1.29 is 4.74 Å². The molecular formula is C9H10N4OS2. The number of thiazole rings is 1. The quantitative estimate of drug-likeness (QED) is 0.844. The van der Waals surface area contributed by atoms with Gasteiger partial charge in [0.05, 0.1) is 7.11 Å². The fraction of sp³-hybridized carbons (Fsp3) is 0.222. The van der Waals surface area contributed by atoms with Crippen molar-refractivity contribution in [1.29, 1.82) is 0 Å². The number of rotatable bonds is 3. The van der Waals surface area contributed by atoms with Crippen molar-refractivity contribution in [3.05, 3.63) is 17.4 Å². The van der Waals surface area contributed by atoms with E-state index in [9.17, 15) is 0 Å². The lowest BCUT2D eigenvalue weighted by Crippen LogP contribution is -1.98. The first kappa shape index (κ1) is 11.2. The van der Waals surface area contributed by atoms with E-state index < -0.39 is 0 Å². The third kappa shape index (κ3) is 2.25. The number of hydrogen-bond donors (Lipinski definition) is 1. The second-order valence-corrected chi connectivity index (χ2v) is 5.05. The lowest BCUT2D eigenvalue weighted by atomic mass is 10.5. The highest BCUT2D eigenvalue weighted by molar-refractivity contribution is 8.01. The van der Waals surface area contributed by atoms with E-state index >= 15 is 0 Å². The molecule has 0 amide bonds. The number of nitrogens with two attached hydrogens (primary N) is 1. The van der Waals surface area contributed by atoms with Gasteiger partial charge in [-0.1, -0.05) is 0 Å². The minimum Gasteiger partial charge on any atom is -0.479 e. The summed E-state index contributed by atoms with van der Waals surface area (Å²) in [4.78, 5) is 12.3. The number of hydrogen-bond acceptors (Lipinski definition) is 7. The molecule has 0 aromatic carbocycles. The number of nitrogen functional groups attached to an aromatic ring is 1. The zero-order valence-electron chi connectivity index (χ0n) is 8.80. The van der Waals surface area contributed by atoms with Crippen LogP contribution in [-0.4, -0.2) is 22.1 Å². The Bertz CT molecular complexity index is 500. The molecule has 84 valence electrons. The summed E-state index contributed by atoms with van der Waals surface area (Å²) in [6.45, 7) is 1.95. The SMILES string of the molecule is COc1ncnc(Sc2nc(C)cs2)c1N. The van der Waals surface area contributed by atoms with Gasteiger partial charge >= 0.3 is 0 Å². The number of nitrogens with zero attached hydrogens (tertiary/aromatic N) is 3. The van der Waals surface area contributed by atoms with Gasteiger partial charge in [-0.05, 0) is 18.7 Å². The normalized spacial score (nSPS) is 10.4. The summed E-state index contributed by atoms with van der Waals surface area (Å²) >= 11 is 2.98. The highest BCUT2D eigenvalue weighted by Gasteiger charge is 2.11. The van der Waals surface area contributed by atoms with Gasteiger partial charge in [-0.15, -0.1) is 11.3 Å². The molecule has 0 radical (unpaired) electrons. The van der Waals surface area contributed by atoms with E-state index in [0.29, 0.717) is 16.6 Å². The zero-order chi connectivity index (χ0) is 11.5. The molecule has 5 nitrogen and oxygen atoms in total. The minimum absolute atomic E-state index is 0.394. The Morgan fingerprint density at radius 2 is 2.25 bits per heavy atom. The molecule has 2 aromatic rings. The summed E-state index contributed by atoms with van der Waals surface area (Å²) in [5.74, 6) is 0.394. The van der Waals surface area contributed by atoms with Gasteiger partial charge in [0, 0.05) is 11.1 Å². The van der Waals surface area contributed by atoms with Gasteiger partial charge in [0.2, 0.25) is 5.88 Å². The Balaban J connectivity index is 2.28. The second kappa shape index (κ2) is 4.67. The first-order valence-corrected chi connectivity index (χ1v) is 6.14. The molecule has 0 fully saturated rings. The molecule has 0 unspecified atom stereocenters. The van der Waals surface area contributed by atoms with Crippen molar-refractivity contribution in [1.82, 2.24) is 15.0 Å². The van der Waals surface area contributed by atoms with E-state index in [2.05, 4.69) is 15.0 Å². The maximum atomic E-state index is 5.85. The Morgan fingerprint density at radius 3 is 2.88 bits per heavy atom. The van der Waals surface area contributed by atoms with Crippen LogP contribution >= 0.6 is 23.1 Å². The van der Waals surface area contributed by atoms with Gasteiger partial charge in [-0.3, -0.25) is 0 Å². The van der Waals surface area contributed by atoms with E-state index in [1.807, 2.05) is 12.3 Å². The van der Waals surface area contributed by atoms with E-state index in [1.54, 1.807) is 11.3 Å². The zero-order valence-corrected chi connectivity index (χ0v) is 10.4. The second-order valence-electron chi connectivity index (χ2n) is 2.96. The highest BCUT2D eigenvalue weighted by atomic mass is 32.2. The van der Waals surface area contributed by atoms with Crippen molar-refractivity contribution in [3.63, 3.8) is 0 Å². The molecule has 2 N–H and O–H groups in total. The minimum atomic E-state index is 0.394. The van der Waals surface area contributed by atoms with Crippen LogP contribution in [-0.2, 0) is 0 Å². The standard InChI is InChI=1S/C9H10N4OS2/c1-5-3-15-9(13-5)16-8-6(10)7(14-2)11-4-12-8/h3-4H,10H2,1-2H3. The van der Waals surface area contributed by atoms with Gasteiger partial charge in [0.1, 0.15) is 17.0 Å². The smallest absolute Gasteiger partial charge is 0.241 e. The fourth-order valence-electron chi connectivity index (χ4n) is 1.07. The van der Waals surface area contributed by atoms with Gasteiger partial charge in [0.25, 0.3) is 0 Å². The number of aryl methyl sites for hydroxylation is 1. The van der Waals surface area contributed by atoms with Gasteiger partial charge in [-0.25, -0.2) is 9.97 Å². The molecule has 0 aliphatic heterocycles. The third-order valence-corrected chi connectivity index (χ3v) is 3.86. The molecule has 2 rings (SSSR count). The van der Waals surface area contributed by atoms with Crippen LogP contribution in [0.15, 0.2) is 21.1 Å². The van der Waals surface area contributed by atoms with E-state index in [0.717, 1.165) is 10.0 Å². The molecule has 0 aliphatic rings. The summed E-state index contributed by atoms with van der Waals surface area (Å²) in [7, 11) is 1.53. The molecule has 0 atom stereocenters. The van der Waals surface area contributed by atoms with Gasteiger partial charge in [-0.2, -0.15) is 4.98 Å². The molecule has 0 spiro atoms. The van der Waals surface area contributed by atoms with Gasteiger partial charge in [0.15, 0.2) is 4.34 Å². The molecule has 0 bridgehead atoms. The van der Waals surface area contributed by atoms with Crippen LogP contribution in [0, 0.1) is 6.92 Å². The maximum Gasteiger partial charge on any atom is 0.241 e. The number of aromatic nitrogens is 3. The lowest BCUT2D eigenvalue weighted by molar-refractivity contribution is 0.397. The topological polar surface area (TPSA) is 73.9 Å². The van der Waals surface area contributed by atoms with Crippen LogP contribution in [0.25, 0.3) is 0 Å². The average molecular weight is 254 g/mol. The van der Waals surface area contributed by atoms with Crippen LogP contribution in [0.2, 0.25) is 0 Å². The Labute approximate surface area is 101 Å². The third-order valence-electron chi connectivity index (χ3n) is 1.79. The summed E-state index contributed by atoms with van der Waals surface area (Å²) in [5, 5.41) is 2.65. The van der Waals surface area contributed by atoms with Crippen molar-refractivity contribution in [2.45, 2.75) is 16.3 Å². The average Bonchev–Trinajstić information content (AvgIpc) is 2.67. The number of methoxy groups -OCH3 is 1. The molecular weight excluding hydrogens is 244 g/mol. The Morgan fingerprint density at radius 1 is 1.44 bits per heavy atom. The first-order valence-electron chi connectivity index (χ1n) is 4.45. The fourth-order valence-corrected chi connectivity index (χ4v) is 2.82. The Hall–Kier alpha value is -1.34. The molecule has 2 aromatic heterocycles. The lowest BCUT2D eigenvalue weighted by Gasteiger charge is -2.05. The largest absolute Gasteiger partial charge is 0.479 e. The van der Waals surface area contributed by atoms with Crippen molar-refractivity contribution >= 4 is 28.8 Å². The number of ether oxygens (including phenoxy) is 1. The van der Waals surface area contributed by atoms with Crippen LogP contribution in [0.4, 0.5) is 5.69 Å². The summed E-state index contributed by atoms with van der Waals surface area (Å²) in [5.41, 5.74) is 7.29. The molecule has 0 saturated carbocycles. The summed E-state index contributed by atoms with van der Waals surface area (Å²) in [6.07, 6.45) is 1.43. The molecule has 0 aliphatic carbocycles. The van der Waals surface area contributed by atoms with Crippen molar-refractivity contribution in [3.8, 4) is 5.88 Å². The van der Waals surface area contributed by atoms with E-state index in [4.69, 9.17) is 10.5 Å². The van der Waals surface area contributed by atoms with Crippen molar-refractivity contribution in [2.75, 3.05) is 12.8 Å². The highest BCUT2D eigenvalue weighted by Crippen LogP contribution is 2.35. The predicted octanol–water partition coefficient (Wildman–Crippen LogP) is 1.98. The van der Waals surface area contributed by atoms with Crippen molar-refractivity contribution in [2.24, 2.45) is 0 Å². The molecule has 0 saturated heterocycles. The molecule has 2 heterocycles. The predicted molar refractivity (Wildman–Crippen MR) is 64.0 cm³/mol. The number of anilines is 1. The first-order chi connectivity index (χ1) is 7.70. The van der Waals surface area contributed by atoms with Crippen LogP contribution in [0.1, 0.15) is 5.69 Å². The van der Waals surface area contributed by atoms with Crippen LogP contribution < -0.4 is 10.5 Å². The van der Waals surface area contributed by atoms with E-state index in [1.165, 1.54) is 25.2 Å². The summed E-state index contributed by atoms with van der Waals surface area (Å²) < 4.78 is 5.93. The van der Waals surface area contributed by atoms with Gasteiger partial charge < -0.3 is 10.5 Å². The van der Waals surface area contributed by atoms with E-state index in [-0.39, 0.29) is 0 Å². The monoisotopic (exact) mass is 254 g/mol. The van der Waals surface area contributed by atoms with Crippen LogP contribution in [0.3, 0.4) is 0 Å².